The number of hydrogen-bond acceptors (Lipinski definition) is 6. The number of carbonyl (C=O) groups is 2. The number of halogens is 1. The van der Waals surface area contributed by atoms with Crippen molar-refractivity contribution in [2.45, 2.75) is 17.3 Å². The smallest absolute Gasteiger partial charge is 0.335 e. The van der Waals surface area contributed by atoms with E-state index >= 15 is 0 Å². The second kappa shape index (κ2) is 8.19. The molecule has 1 heterocycles. The van der Waals surface area contributed by atoms with Crippen LogP contribution >= 0.6 is 23.4 Å². The van der Waals surface area contributed by atoms with Crippen molar-refractivity contribution >= 4 is 40.9 Å². The standard InChI is InChI=1S/C17H14ClN5O3S/c1-10(15(24)19-14-9-11(16(25)26)7-8-13(14)18)27-17-20-21-22-23(17)12-5-3-2-4-6-12/h2-10H,1H3,(H,19,24)(H,25,26). The van der Waals surface area contributed by atoms with E-state index in [9.17, 15) is 9.59 Å². The summed E-state index contributed by atoms with van der Waals surface area (Å²) in [6.45, 7) is 1.69. The van der Waals surface area contributed by atoms with Crippen LogP contribution < -0.4 is 5.32 Å². The lowest BCUT2D eigenvalue weighted by Crippen LogP contribution is -2.23. The first-order chi connectivity index (χ1) is 13.0. The molecule has 0 spiro atoms. The zero-order valence-electron chi connectivity index (χ0n) is 14.0. The largest absolute Gasteiger partial charge is 0.478 e. The third-order valence-corrected chi connectivity index (χ3v) is 4.93. The van der Waals surface area contributed by atoms with Crippen LogP contribution in [0.2, 0.25) is 5.02 Å². The summed E-state index contributed by atoms with van der Waals surface area (Å²) in [5.41, 5.74) is 1.04. The second-order valence-electron chi connectivity index (χ2n) is 5.46. The first-order valence-corrected chi connectivity index (χ1v) is 9.05. The molecule has 0 aliphatic heterocycles. The molecule has 1 unspecified atom stereocenters. The predicted octanol–water partition coefficient (Wildman–Crippen LogP) is 3.13. The summed E-state index contributed by atoms with van der Waals surface area (Å²) in [5, 5.41) is 23.4. The third kappa shape index (κ3) is 4.44. The van der Waals surface area contributed by atoms with Crippen LogP contribution in [0.5, 0.6) is 0 Å². The van der Waals surface area contributed by atoms with Crippen LogP contribution in [0.15, 0.2) is 53.7 Å². The van der Waals surface area contributed by atoms with Crippen LogP contribution in [0.1, 0.15) is 17.3 Å². The molecule has 0 bridgehead atoms. The molecule has 8 nitrogen and oxygen atoms in total. The molecule has 0 aliphatic carbocycles. The number of amides is 1. The van der Waals surface area contributed by atoms with E-state index in [2.05, 4.69) is 20.8 Å². The molecule has 3 aromatic rings. The monoisotopic (exact) mass is 403 g/mol. The summed E-state index contributed by atoms with van der Waals surface area (Å²) in [4.78, 5) is 23.6. The van der Waals surface area contributed by atoms with Crippen LogP contribution in [0.4, 0.5) is 5.69 Å². The minimum absolute atomic E-state index is 0.0306. The van der Waals surface area contributed by atoms with Crippen molar-refractivity contribution in [3.8, 4) is 5.69 Å². The van der Waals surface area contributed by atoms with Crippen molar-refractivity contribution in [1.29, 1.82) is 0 Å². The van der Waals surface area contributed by atoms with Crippen LogP contribution in [0.25, 0.3) is 5.69 Å². The minimum Gasteiger partial charge on any atom is -0.478 e. The first-order valence-electron chi connectivity index (χ1n) is 7.80. The Morgan fingerprint density at radius 1 is 1.22 bits per heavy atom. The van der Waals surface area contributed by atoms with E-state index in [1.807, 2.05) is 30.3 Å². The summed E-state index contributed by atoms with van der Waals surface area (Å²) >= 11 is 7.22. The Balaban J connectivity index is 1.74. The van der Waals surface area contributed by atoms with Crippen molar-refractivity contribution < 1.29 is 14.7 Å². The molecule has 2 N–H and O–H groups in total. The number of thioether (sulfide) groups is 1. The summed E-state index contributed by atoms with van der Waals surface area (Å²) in [5.74, 6) is -1.46. The Bertz CT molecular complexity index is 980. The zero-order valence-corrected chi connectivity index (χ0v) is 15.6. The molecule has 0 fully saturated rings. The number of hydrogen-bond donors (Lipinski definition) is 2. The number of carboxylic acid groups (broad SMARTS) is 1. The van der Waals surface area contributed by atoms with Crippen LogP contribution in [0.3, 0.4) is 0 Å². The molecule has 1 atom stereocenters. The Hall–Kier alpha value is -2.91. The van der Waals surface area contributed by atoms with Crippen molar-refractivity contribution in [3.63, 3.8) is 0 Å². The SMILES string of the molecule is CC(Sc1nnnn1-c1ccccc1)C(=O)Nc1cc(C(=O)O)ccc1Cl. The summed E-state index contributed by atoms with van der Waals surface area (Å²) < 4.78 is 1.53. The molecule has 2 aromatic carbocycles. The van der Waals surface area contributed by atoms with Crippen molar-refractivity contribution in [1.82, 2.24) is 20.2 Å². The van der Waals surface area contributed by atoms with Gasteiger partial charge in [-0.1, -0.05) is 41.6 Å². The van der Waals surface area contributed by atoms with E-state index < -0.39 is 11.2 Å². The predicted molar refractivity (Wildman–Crippen MR) is 102 cm³/mol. The quantitative estimate of drug-likeness (QED) is 0.608. The molecule has 1 amide bonds. The Morgan fingerprint density at radius 3 is 2.67 bits per heavy atom. The minimum atomic E-state index is -1.10. The maximum Gasteiger partial charge on any atom is 0.335 e. The van der Waals surface area contributed by atoms with Crippen LogP contribution in [0, 0.1) is 0 Å². The molecule has 10 heteroatoms. The van der Waals surface area contributed by atoms with Crippen molar-refractivity contribution in [3.05, 3.63) is 59.1 Å². The summed E-state index contributed by atoms with van der Waals surface area (Å²) in [6.07, 6.45) is 0. The molecule has 0 radical (unpaired) electrons. The van der Waals surface area contributed by atoms with E-state index in [-0.39, 0.29) is 22.2 Å². The second-order valence-corrected chi connectivity index (χ2v) is 7.17. The number of nitrogens with zero attached hydrogens (tertiary/aromatic N) is 4. The number of aromatic carboxylic acids is 1. The van der Waals surface area contributed by atoms with Gasteiger partial charge in [-0.15, -0.1) is 5.10 Å². The zero-order chi connectivity index (χ0) is 19.4. The highest BCUT2D eigenvalue weighted by Crippen LogP contribution is 2.27. The number of rotatable bonds is 6. The van der Waals surface area contributed by atoms with Gasteiger partial charge < -0.3 is 10.4 Å². The molecule has 0 saturated heterocycles. The van der Waals surface area contributed by atoms with E-state index in [0.717, 1.165) is 5.69 Å². The number of nitrogens with one attached hydrogen (secondary N) is 1. The van der Waals surface area contributed by atoms with E-state index in [1.54, 1.807) is 6.92 Å². The van der Waals surface area contributed by atoms with Gasteiger partial charge in [0.2, 0.25) is 11.1 Å². The fraction of sp³-hybridized carbons (Fsp3) is 0.118. The van der Waals surface area contributed by atoms with Gasteiger partial charge in [0.1, 0.15) is 0 Å². The number of para-hydroxylation sites is 1. The van der Waals surface area contributed by atoms with Crippen molar-refractivity contribution in [2.75, 3.05) is 5.32 Å². The summed E-state index contributed by atoms with van der Waals surface area (Å²) in [6, 6.07) is 13.4. The Kier molecular flexibility index (Phi) is 5.72. The molecule has 3 rings (SSSR count). The van der Waals surface area contributed by atoms with Crippen molar-refractivity contribution in [2.24, 2.45) is 0 Å². The third-order valence-electron chi connectivity index (χ3n) is 3.56. The summed E-state index contributed by atoms with van der Waals surface area (Å²) in [7, 11) is 0. The van der Waals surface area contributed by atoms with Gasteiger partial charge in [0, 0.05) is 0 Å². The fourth-order valence-electron chi connectivity index (χ4n) is 2.18. The number of aromatic nitrogens is 4. The van der Waals surface area contributed by atoms with Gasteiger partial charge in [-0.05, 0) is 47.7 Å². The van der Waals surface area contributed by atoms with Gasteiger partial charge in [-0.2, -0.15) is 4.68 Å². The van der Waals surface area contributed by atoms with Gasteiger partial charge in [-0.25, -0.2) is 4.79 Å². The molecule has 138 valence electrons. The topological polar surface area (TPSA) is 110 Å². The van der Waals surface area contributed by atoms with Crippen LogP contribution in [-0.4, -0.2) is 42.4 Å². The lowest BCUT2D eigenvalue weighted by Gasteiger charge is -2.13. The van der Waals surface area contributed by atoms with Gasteiger partial charge in [0.15, 0.2) is 0 Å². The molecule has 0 aliphatic rings. The number of carbonyl (C=O) groups excluding carboxylic acids is 1. The highest BCUT2D eigenvalue weighted by molar-refractivity contribution is 8.00. The molecule has 0 saturated carbocycles. The van der Waals surface area contributed by atoms with E-state index in [0.29, 0.717) is 5.16 Å². The Morgan fingerprint density at radius 2 is 1.96 bits per heavy atom. The average Bonchev–Trinajstić information content (AvgIpc) is 3.12. The molecular formula is C17H14ClN5O3S. The lowest BCUT2D eigenvalue weighted by molar-refractivity contribution is -0.115. The normalized spacial score (nSPS) is 11.8. The number of benzene rings is 2. The highest BCUT2D eigenvalue weighted by atomic mass is 35.5. The lowest BCUT2D eigenvalue weighted by atomic mass is 10.2. The van der Waals surface area contributed by atoms with Crippen LogP contribution in [-0.2, 0) is 4.79 Å². The Labute approximate surface area is 163 Å². The number of carboxylic acids is 1. The maximum atomic E-state index is 12.5. The molecule has 27 heavy (non-hydrogen) atoms. The molecular weight excluding hydrogens is 390 g/mol. The van der Waals surface area contributed by atoms with Gasteiger partial charge in [0.05, 0.1) is 27.2 Å². The van der Waals surface area contributed by atoms with E-state index in [1.165, 1.54) is 34.6 Å². The fourth-order valence-corrected chi connectivity index (χ4v) is 3.16. The highest BCUT2D eigenvalue weighted by Gasteiger charge is 2.20. The average molecular weight is 404 g/mol. The molecule has 1 aromatic heterocycles. The maximum absolute atomic E-state index is 12.5. The number of tetrazole rings is 1. The van der Waals surface area contributed by atoms with E-state index in [4.69, 9.17) is 16.7 Å². The first kappa shape index (κ1) is 18.9. The van der Waals surface area contributed by atoms with Gasteiger partial charge >= 0.3 is 5.97 Å². The van der Waals surface area contributed by atoms with Gasteiger partial charge in [-0.3, -0.25) is 4.79 Å². The van der Waals surface area contributed by atoms with Gasteiger partial charge in [0.25, 0.3) is 0 Å². The number of anilines is 1.